The van der Waals surface area contributed by atoms with Crippen LogP contribution in [0.3, 0.4) is 0 Å². The monoisotopic (exact) mass is 525 g/mol. The zero-order chi connectivity index (χ0) is 20.4. The third-order valence-electron chi connectivity index (χ3n) is 3.51. The van der Waals surface area contributed by atoms with Gasteiger partial charge in [-0.25, -0.2) is 13.9 Å². The van der Waals surface area contributed by atoms with Crippen LogP contribution in [0.5, 0.6) is 0 Å². The third kappa shape index (κ3) is 6.07. The maximum Gasteiger partial charge on any atom is 0.434 e. The number of hydrogen-bond acceptors (Lipinski definition) is 7. The van der Waals surface area contributed by atoms with E-state index in [1.165, 1.54) is 27.2 Å². The second-order valence-electron chi connectivity index (χ2n) is 5.10. The van der Waals surface area contributed by atoms with E-state index in [0.29, 0.717) is 16.4 Å². The van der Waals surface area contributed by atoms with Crippen LogP contribution in [0.2, 0.25) is 0 Å². The van der Waals surface area contributed by atoms with Gasteiger partial charge in [0.2, 0.25) is 0 Å². The fraction of sp³-hybridized carbons (Fsp3) is 0.615. The fourth-order valence-corrected chi connectivity index (χ4v) is 5.76. The zero-order valence-electron chi connectivity index (χ0n) is 14.5. The van der Waals surface area contributed by atoms with Crippen molar-refractivity contribution in [3.63, 3.8) is 0 Å². The Bertz CT molecular complexity index is 746. The number of aromatic nitrogens is 2. The van der Waals surface area contributed by atoms with E-state index in [1.807, 2.05) is 12.1 Å². The van der Waals surface area contributed by atoms with E-state index < -0.39 is 12.6 Å². The average Bonchev–Trinajstić information content (AvgIpc) is 3.00. The molecule has 14 heteroatoms. The van der Waals surface area contributed by atoms with Crippen molar-refractivity contribution in [3.05, 3.63) is 22.0 Å². The molecule has 0 radical (unpaired) electrons. The summed E-state index contributed by atoms with van der Waals surface area (Å²) in [7, 11) is -2.30. The minimum atomic E-state index is -3.75. The molecule has 0 unspecified atom stereocenters. The summed E-state index contributed by atoms with van der Waals surface area (Å²) in [5.41, 5.74) is 0.341. The molecule has 27 heavy (non-hydrogen) atoms. The maximum absolute atomic E-state index is 13.7. The Morgan fingerprint density at radius 2 is 1.81 bits per heavy atom. The predicted octanol–water partition coefficient (Wildman–Crippen LogP) is 2.39. The van der Waals surface area contributed by atoms with Gasteiger partial charge in [-0.3, -0.25) is 9.09 Å². The molecule has 0 aliphatic heterocycles. The largest absolute Gasteiger partial charge is 0.434 e. The molecule has 0 aromatic carbocycles. The van der Waals surface area contributed by atoms with Crippen LogP contribution in [0.4, 0.5) is 5.95 Å². The molecule has 0 aliphatic carbocycles. The van der Waals surface area contributed by atoms with Crippen LogP contribution < -0.4 is 0 Å². The summed E-state index contributed by atoms with van der Waals surface area (Å²) in [6, 6.07) is 3.90. The van der Waals surface area contributed by atoms with Crippen LogP contribution in [-0.4, -0.2) is 60.7 Å². The highest BCUT2D eigenvalue weighted by Gasteiger charge is 2.39. The van der Waals surface area contributed by atoms with E-state index in [1.54, 1.807) is 0 Å². The van der Waals surface area contributed by atoms with Gasteiger partial charge in [0.05, 0.1) is 32.3 Å². The highest BCUT2D eigenvalue weighted by atomic mass is 79.9. The standard InChI is InChI=1S/C13H18Br2N7O4P/c1-19-12(10-18-13(19)22(23)24)11-26-27(25,20(6-2-14)8-4-16)21(7-3-15)9-5-17/h10H,2-3,6-9,11H2,1H3. The van der Waals surface area contributed by atoms with Crippen molar-refractivity contribution < 1.29 is 14.0 Å². The van der Waals surface area contributed by atoms with Crippen LogP contribution in [-0.2, 0) is 22.7 Å². The third-order valence-corrected chi connectivity index (χ3v) is 6.80. The Labute approximate surface area is 173 Å². The number of rotatable bonds is 12. The molecule has 0 fully saturated rings. The van der Waals surface area contributed by atoms with Crippen molar-refractivity contribution >= 4 is 45.5 Å². The Morgan fingerprint density at radius 1 is 1.30 bits per heavy atom. The second-order valence-corrected chi connectivity index (χ2v) is 9.06. The summed E-state index contributed by atoms with van der Waals surface area (Å²) in [4.78, 5) is 14.0. The van der Waals surface area contributed by atoms with Gasteiger partial charge in [0.1, 0.15) is 18.5 Å². The molecule has 1 aromatic heterocycles. The average molecular weight is 527 g/mol. The lowest BCUT2D eigenvalue weighted by atomic mass is 10.5. The highest BCUT2D eigenvalue weighted by molar-refractivity contribution is 9.09. The lowest BCUT2D eigenvalue weighted by molar-refractivity contribution is -0.396. The first kappa shape index (κ1) is 23.7. The number of nitrogens with zero attached hydrogens (tertiary/aromatic N) is 7. The minimum Gasteiger partial charge on any atom is -0.390 e. The maximum atomic E-state index is 13.7. The number of hydrogen-bond donors (Lipinski definition) is 0. The van der Waals surface area contributed by atoms with Crippen molar-refractivity contribution in [2.75, 3.05) is 36.8 Å². The lowest BCUT2D eigenvalue weighted by Gasteiger charge is -2.35. The molecular weight excluding hydrogens is 509 g/mol. The predicted molar refractivity (Wildman–Crippen MR) is 104 cm³/mol. The summed E-state index contributed by atoms with van der Waals surface area (Å²) < 4.78 is 23.4. The van der Waals surface area contributed by atoms with E-state index in [0.717, 1.165) is 0 Å². The quantitative estimate of drug-likeness (QED) is 0.132. The zero-order valence-corrected chi connectivity index (χ0v) is 18.6. The van der Waals surface area contributed by atoms with Crippen molar-refractivity contribution in [2.45, 2.75) is 6.61 Å². The van der Waals surface area contributed by atoms with Gasteiger partial charge < -0.3 is 10.1 Å². The van der Waals surface area contributed by atoms with Crippen molar-refractivity contribution in [1.82, 2.24) is 18.9 Å². The van der Waals surface area contributed by atoms with Gasteiger partial charge in [-0.1, -0.05) is 36.8 Å². The number of nitriles is 2. The Balaban J connectivity index is 3.20. The molecule has 11 nitrogen and oxygen atoms in total. The van der Waals surface area contributed by atoms with E-state index in [-0.39, 0.29) is 38.7 Å². The molecule has 0 saturated carbocycles. The van der Waals surface area contributed by atoms with Gasteiger partial charge in [0.25, 0.3) is 0 Å². The van der Waals surface area contributed by atoms with Gasteiger partial charge in [-0.15, -0.1) is 0 Å². The first-order valence-electron chi connectivity index (χ1n) is 7.61. The van der Waals surface area contributed by atoms with Crippen LogP contribution in [0, 0.1) is 32.8 Å². The van der Waals surface area contributed by atoms with Gasteiger partial charge in [0.15, 0.2) is 0 Å². The van der Waals surface area contributed by atoms with Crippen LogP contribution in [0.25, 0.3) is 0 Å². The molecule has 1 heterocycles. The summed E-state index contributed by atoms with van der Waals surface area (Å²) in [5, 5.41) is 30.0. The van der Waals surface area contributed by atoms with E-state index >= 15 is 0 Å². The van der Waals surface area contributed by atoms with Gasteiger partial charge in [0, 0.05) is 23.7 Å². The fourth-order valence-electron chi connectivity index (χ4n) is 2.18. The van der Waals surface area contributed by atoms with Crippen molar-refractivity contribution in [3.8, 4) is 12.1 Å². The molecule has 0 amide bonds. The molecule has 1 rings (SSSR count). The summed E-state index contributed by atoms with van der Waals surface area (Å²) in [6.45, 7) is -0.0680. The topological polar surface area (TPSA) is 141 Å². The SMILES string of the molecule is Cn1c(COP(=O)(N(CC#N)CCBr)N(CC#N)CCBr)cnc1[N+](=O)[O-]. The number of imidazole rings is 1. The van der Waals surface area contributed by atoms with Crippen molar-refractivity contribution in [2.24, 2.45) is 7.05 Å². The number of nitro groups is 1. The Hall–Kier alpha value is -1.34. The smallest absolute Gasteiger partial charge is 0.390 e. The van der Waals surface area contributed by atoms with Gasteiger partial charge >= 0.3 is 13.6 Å². The molecule has 0 bridgehead atoms. The normalized spacial score (nSPS) is 11.5. The molecule has 0 atom stereocenters. The molecule has 0 saturated heterocycles. The molecule has 148 valence electrons. The van der Waals surface area contributed by atoms with Crippen LogP contribution >= 0.6 is 39.5 Å². The molecule has 0 aliphatic rings. The second kappa shape index (κ2) is 11.5. The van der Waals surface area contributed by atoms with E-state index in [2.05, 4.69) is 36.8 Å². The van der Waals surface area contributed by atoms with Gasteiger partial charge in [-0.2, -0.15) is 10.5 Å². The summed E-state index contributed by atoms with van der Waals surface area (Å²) >= 11 is 6.51. The lowest BCUT2D eigenvalue weighted by Crippen LogP contribution is -2.36. The first-order valence-corrected chi connectivity index (χ1v) is 11.4. The summed E-state index contributed by atoms with van der Waals surface area (Å²) in [6.07, 6.45) is 1.26. The van der Waals surface area contributed by atoms with E-state index in [4.69, 9.17) is 15.0 Å². The molecule has 1 aromatic rings. The van der Waals surface area contributed by atoms with E-state index in [9.17, 15) is 14.7 Å². The molecule has 0 N–H and O–H groups in total. The Kier molecular flexibility index (Phi) is 10.1. The first-order chi connectivity index (χ1) is 12.8. The molecular formula is C13H18Br2N7O4P. The van der Waals surface area contributed by atoms with Crippen molar-refractivity contribution in [1.29, 1.82) is 10.5 Å². The summed E-state index contributed by atoms with van der Waals surface area (Å²) in [5.74, 6) is -0.368. The van der Waals surface area contributed by atoms with Crippen LogP contribution in [0.1, 0.15) is 5.69 Å². The van der Waals surface area contributed by atoms with Gasteiger partial charge in [-0.05, 0) is 4.92 Å². The Morgan fingerprint density at radius 3 is 2.19 bits per heavy atom. The number of alkyl halides is 2. The minimum absolute atomic E-state index is 0.168. The highest BCUT2D eigenvalue weighted by Crippen LogP contribution is 2.54. The van der Waals surface area contributed by atoms with Crippen LogP contribution in [0.15, 0.2) is 6.20 Å². The number of halogens is 2. The molecule has 0 spiro atoms.